The topological polar surface area (TPSA) is 116 Å². The largest absolute Gasteiger partial charge is 0.497 e. The van der Waals surface area contributed by atoms with Crippen molar-refractivity contribution in [2.24, 2.45) is 0 Å². The standard InChI is InChI=1S/C27H28N2O7S/c1-6-22(26(31)36-27(2,3)4)37(32,33)29(17-11-13-18(34-5)14-12-17)25(30)23-19-9-7-8-10-21(19)28-24-20(23)15-16-35-24/h7-16,22H,6H2,1-5H3. The first kappa shape index (κ1) is 26.2. The average molecular weight is 525 g/mol. The van der Waals surface area contributed by atoms with Gasteiger partial charge in [0, 0.05) is 5.39 Å². The summed E-state index contributed by atoms with van der Waals surface area (Å²) < 4.78 is 44.9. The quantitative estimate of drug-likeness (QED) is 0.307. The molecule has 1 atom stereocenters. The number of nitrogens with zero attached hydrogens (tertiary/aromatic N) is 2. The minimum Gasteiger partial charge on any atom is -0.497 e. The third-order valence-electron chi connectivity index (χ3n) is 5.67. The van der Waals surface area contributed by atoms with Crippen LogP contribution in [0.2, 0.25) is 0 Å². The summed E-state index contributed by atoms with van der Waals surface area (Å²) in [6, 6.07) is 14.4. The number of rotatable bonds is 7. The van der Waals surface area contributed by atoms with Crippen LogP contribution < -0.4 is 9.04 Å². The van der Waals surface area contributed by atoms with Crippen molar-refractivity contribution in [1.82, 2.24) is 4.98 Å². The fraction of sp³-hybridized carbons (Fsp3) is 0.296. The van der Waals surface area contributed by atoms with Crippen molar-refractivity contribution in [2.45, 2.75) is 45.0 Å². The molecule has 0 aliphatic rings. The average Bonchev–Trinajstić information content (AvgIpc) is 3.29. The summed E-state index contributed by atoms with van der Waals surface area (Å²) >= 11 is 0. The van der Waals surface area contributed by atoms with Crippen LogP contribution >= 0.6 is 0 Å². The van der Waals surface area contributed by atoms with Crippen molar-refractivity contribution in [3.05, 3.63) is 66.4 Å². The van der Waals surface area contributed by atoms with Crippen LogP contribution in [0, 0.1) is 0 Å². The van der Waals surface area contributed by atoms with E-state index in [1.165, 1.54) is 37.6 Å². The number of esters is 1. The molecule has 2 aromatic heterocycles. The van der Waals surface area contributed by atoms with E-state index in [2.05, 4.69) is 4.98 Å². The van der Waals surface area contributed by atoms with Gasteiger partial charge in [-0.3, -0.25) is 9.59 Å². The number of ether oxygens (including phenoxy) is 2. The van der Waals surface area contributed by atoms with Gasteiger partial charge >= 0.3 is 5.97 Å². The molecule has 0 radical (unpaired) electrons. The van der Waals surface area contributed by atoms with Crippen molar-refractivity contribution in [2.75, 3.05) is 11.4 Å². The Hall–Kier alpha value is -3.92. The zero-order valence-corrected chi connectivity index (χ0v) is 22.0. The second-order valence-corrected chi connectivity index (χ2v) is 11.4. The first-order chi connectivity index (χ1) is 17.5. The fourth-order valence-corrected chi connectivity index (χ4v) is 5.74. The lowest BCUT2D eigenvalue weighted by Gasteiger charge is -2.29. The molecule has 0 saturated heterocycles. The van der Waals surface area contributed by atoms with E-state index in [0.717, 1.165) is 0 Å². The molecule has 2 heterocycles. The number of fused-ring (bicyclic) bond motifs is 2. The van der Waals surface area contributed by atoms with Crippen LogP contribution in [0.25, 0.3) is 22.0 Å². The lowest BCUT2D eigenvalue weighted by molar-refractivity contribution is -0.154. The predicted molar refractivity (Wildman–Crippen MR) is 140 cm³/mol. The van der Waals surface area contributed by atoms with E-state index < -0.39 is 32.8 Å². The second-order valence-electron chi connectivity index (χ2n) is 9.39. The van der Waals surface area contributed by atoms with Gasteiger partial charge in [0.2, 0.25) is 5.71 Å². The maximum atomic E-state index is 14.3. The van der Waals surface area contributed by atoms with E-state index >= 15 is 0 Å². The van der Waals surface area contributed by atoms with Crippen molar-refractivity contribution in [3.8, 4) is 5.75 Å². The number of benzene rings is 2. The number of para-hydroxylation sites is 1. The molecule has 1 amide bonds. The summed E-state index contributed by atoms with van der Waals surface area (Å²) in [6.07, 6.45) is 1.28. The number of aromatic nitrogens is 1. The van der Waals surface area contributed by atoms with Crippen LogP contribution in [0.5, 0.6) is 5.75 Å². The van der Waals surface area contributed by atoms with Crippen molar-refractivity contribution < 1.29 is 31.9 Å². The van der Waals surface area contributed by atoms with E-state index in [1.807, 2.05) is 0 Å². The summed E-state index contributed by atoms with van der Waals surface area (Å²) in [5.74, 6) is -1.31. The number of methoxy groups -OCH3 is 1. The molecule has 194 valence electrons. The molecule has 2 aromatic carbocycles. The summed E-state index contributed by atoms with van der Waals surface area (Å²) in [5.41, 5.74) is -0.134. The number of carbonyl (C=O) groups excluding carboxylic acids is 2. The molecule has 0 saturated carbocycles. The number of amides is 1. The number of anilines is 1. The fourth-order valence-electron chi connectivity index (χ4n) is 4.04. The van der Waals surface area contributed by atoms with Gasteiger partial charge in [0.05, 0.1) is 35.5 Å². The summed E-state index contributed by atoms with van der Waals surface area (Å²) in [6.45, 7) is 6.50. The molecule has 9 nitrogen and oxygen atoms in total. The summed E-state index contributed by atoms with van der Waals surface area (Å²) in [4.78, 5) is 31.8. The normalized spacial score (nSPS) is 12.9. The molecule has 0 fully saturated rings. The van der Waals surface area contributed by atoms with Gasteiger partial charge in [0.25, 0.3) is 15.9 Å². The maximum Gasteiger partial charge on any atom is 0.326 e. The monoisotopic (exact) mass is 524 g/mol. The molecule has 0 aliphatic carbocycles. The molecule has 0 bridgehead atoms. The van der Waals surface area contributed by atoms with E-state index in [-0.39, 0.29) is 23.4 Å². The van der Waals surface area contributed by atoms with Gasteiger partial charge < -0.3 is 13.9 Å². The number of carbonyl (C=O) groups is 2. The number of sulfonamides is 1. The molecule has 0 spiro atoms. The Morgan fingerprint density at radius 1 is 1.03 bits per heavy atom. The van der Waals surface area contributed by atoms with Crippen molar-refractivity contribution in [3.63, 3.8) is 0 Å². The molecular formula is C27H28N2O7S. The first-order valence-corrected chi connectivity index (χ1v) is 13.2. The molecule has 37 heavy (non-hydrogen) atoms. The van der Waals surface area contributed by atoms with E-state index in [4.69, 9.17) is 13.9 Å². The van der Waals surface area contributed by atoms with Crippen LogP contribution in [-0.4, -0.2) is 43.2 Å². The molecule has 4 aromatic rings. The van der Waals surface area contributed by atoms with Gasteiger partial charge in [-0.15, -0.1) is 0 Å². The highest BCUT2D eigenvalue weighted by Gasteiger charge is 2.43. The maximum absolute atomic E-state index is 14.3. The number of pyridine rings is 1. The first-order valence-electron chi connectivity index (χ1n) is 11.7. The highest BCUT2D eigenvalue weighted by Crippen LogP contribution is 2.33. The van der Waals surface area contributed by atoms with Crippen LogP contribution in [0.3, 0.4) is 0 Å². The Balaban J connectivity index is 1.95. The van der Waals surface area contributed by atoms with Gasteiger partial charge in [-0.25, -0.2) is 17.7 Å². The number of hydrogen-bond donors (Lipinski definition) is 0. The Morgan fingerprint density at radius 3 is 2.32 bits per heavy atom. The number of furan rings is 1. The van der Waals surface area contributed by atoms with Gasteiger partial charge in [-0.1, -0.05) is 25.1 Å². The van der Waals surface area contributed by atoms with Gasteiger partial charge in [0.15, 0.2) is 5.25 Å². The molecule has 4 rings (SSSR count). The third-order valence-corrected chi connectivity index (χ3v) is 7.80. The number of hydrogen-bond acceptors (Lipinski definition) is 8. The molecule has 0 N–H and O–H groups in total. The molecular weight excluding hydrogens is 496 g/mol. The minimum absolute atomic E-state index is 0.0466. The third kappa shape index (κ3) is 5.01. The lowest BCUT2D eigenvalue weighted by atomic mass is 10.0. The second kappa shape index (κ2) is 9.85. The lowest BCUT2D eigenvalue weighted by Crippen LogP contribution is -2.47. The molecule has 1 unspecified atom stereocenters. The Labute approximate surface area is 215 Å². The van der Waals surface area contributed by atoms with Crippen LogP contribution in [0.15, 0.2) is 65.3 Å². The van der Waals surface area contributed by atoms with Gasteiger partial charge in [-0.05, 0) is 63.6 Å². The van der Waals surface area contributed by atoms with Crippen LogP contribution in [0.1, 0.15) is 44.5 Å². The van der Waals surface area contributed by atoms with E-state index in [0.29, 0.717) is 26.3 Å². The highest BCUT2D eigenvalue weighted by atomic mass is 32.2. The smallest absolute Gasteiger partial charge is 0.326 e. The molecule has 0 aliphatic heterocycles. The van der Waals surface area contributed by atoms with Crippen LogP contribution in [0.4, 0.5) is 5.69 Å². The highest BCUT2D eigenvalue weighted by molar-refractivity contribution is 7.94. The Bertz CT molecular complexity index is 1570. The zero-order valence-electron chi connectivity index (χ0n) is 21.2. The minimum atomic E-state index is -4.61. The zero-order chi connectivity index (χ0) is 27.0. The van der Waals surface area contributed by atoms with Crippen molar-refractivity contribution in [1.29, 1.82) is 0 Å². The Morgan fingerprint density at radius 2 is 1.70 bits per heavy atom. The van der Waals surface area contributed by atoms with Gasteiger partial charge in [0.1, 0.15) is 11.4 Å². The van der Waals surface area contributed by atoms with E-state index in [9.17, 15) is 18.0 Å². The van der Waals surface area contributed by atoms with Gasteiger partial charge in [-0.2, -0.15) is 0 Å². The Kier molecular flexibility index (Phi) is 6.96. The van der Waals surface area contributed by atoms with E-state index in [1.54, 1.807) is 58.0 Å². The molecule has 10 heteroatoms. The summed E-state index contributed by atoms with van der Waals surface area (Å²) in [5, 5.41) is -0.825. The van der Waals surface area contributed by atoms with Crippen molar-refractivity contribution >= 4 is 49.6 Å². The van der Waals surface area contributed by atoms with Crippen LogP contribution in [-0.2, 0) is 19.6 Å². The predicted octanol–water partition coefficient (Wildman–Crippen LogP) is 5.09. The summed E-state index contributed by atoms with van der Waals surface area (Å²) in [7, 11) is -3.13. The SMILES string of the molecule is CCC(C(=O)OC(C)(C)C)S(=O)(=O)N(C(=O)c1c2ccccc2nc2occc12)c1ccc(OC)cc1.